The van der Waals surface area contributed by atoms with Crippen molar-refractivity contribution in [2.45, 2.75) is 13.0 Å². The Balaban J connectivity index is 2.15. The number of rotatable bonds is 3. The molecular weight excluding hydrogens is 242 g/mol. The molecule has 0 aliphatic heterocycles. The highest BCUT2D eigenvalue weighted by Crippen LogP contribution is 2.19. The maximum Gasteiger partial charge on any atom is 0.253 e. The number of anilines is 1. The van der Waals surface area contributed by atoms with Gasteiger partial charge in [-0.15, -0.1) is 0 Å². The van der Waals surface area contributed by atoms with Crippen molar-refractivity contribution in [2.75, 3.05) is 5.73 Å². The molecule has 0 spiro atoms. The van der Waals surface area contributed by atoms with Gasteiger partial charge in [-0.05, 0) is 36.8 Å². The lowest BCUT2D eigenvalue weighted by Crippen LogP contribution is -2.27. The van der Waals surface area contributed by atoms with Crippen LogP contribution in [0.1, 0.15) is 28.9 Å². The summed E-state index contributed by atoms with van der Waals surface area (Å²) in [6.45, 7) is 1.86. The number of phenolic OH excluding ortho intramolecular Hbond substituents is 1. The topological polar surface area (TPSA) is 88.2 Å². The van der Waals surface area contributed by atoms with Gasteiger partial charge in [0.25, 0.3) is 5.91 Å². The first-order valence-electron chi connectivity index (χ1n) is 5.87. The van der Waals surface area contributed by atoms with Crippen LogP contribution in [0.2, 0.25) is 0 Å². The van der Waals surface area contributed by atoms with Gasteiger partial charge in [-0.3, -0.25) is 9.78 Å². The molecule has 2 rings (SSSR count). The number of carbonyl (C=O) groups excluding carboxylic acids is 1. The van der Waals surface area contributed by atoms with Crippen molar-refractivity contribution in [3.8, 4) is 5.75 Å². The summed E-state index contributed by atoms with van der Waals surface area (Å²) in [7, 11) is 0. The first kappa shape index (κ1) is 12.9. The Kier molecular flexibility index (Phi) is 3.66. The number of aromatic hydroxyl groups is 1. The van der Waals surface area contributed by atoms with Crippen LogP contribution >= 0.6 is 0 Å². The summed E-state index contributed by atoms with van der Waals surface area (Å²) in [5.41, 5.74) is 7.21. The monoisotopic (exact) mass is 257 g/mol. The van der Waals surface area contributed by atoms with E-state index in [9.17, 15) is 9.90 Å². The first-order valence-corrected chi connectivity index (χ1v) is 5.87. The Bertz CT molecular complexity index is 584. The third kappa shape index (κ3) is 3.01. The lowest BCUT2D eigenvalue weighted by atomic mass is 10.1. The van der Waals surface area contributed by atoms with E-state index in [0.29, 0.717) is 5.69 Å². The molecule has 5 nitrogen and oxygen atoms in total. The number of carbonyl (C=O) groups is 1. The normalized spacial score (nSPS) is 11.8. The molecule has 1 heterocycles. The van der Waals surface area contributed by atoms with E-state index in [-0.39, 0.29) is 23.3 Å². The Morgan fingerprint density at radius 3 is 2.89 bits per heavy atom. The van der Waals surface area contributed by atoms with E-state index in [2.05, 4.69) is 10.3 Å². The van der Waals surface area contributed by atoms with Gasteiger partial charge < -0.3 is 16.2 Å². The summed E-state index contributed by atoms with van der Waals surface area (Å²) < 4.78 is 0. The fourth-order valence-corrected chi connectivity index (χ4v) is 1.73. The van der Waals surface area contributed by atoms with Crippen molar-refractivity contribution in [3.63, 3.8) is 0 Å². The van der Waals surface area contributed by atoms with Crippen molar-refractivity contribution >= 4 is 11.6 Å². The number of hydrogen-bond acceptors (Lipinski definition) is 4. The quantitative estimate of drug-likeness (QED) is 0.578. The predicted molar refractivity (Wildman–Crippen MR) is 72.6 cm³/mol. The van der Waals surface area contributed by atoms with Crippen LogP contribution in [-0.4, -0.2) is 16.0 Å². The van der Waals surface area contributed by atoms with Gasteiger partial charge in [0, 0.05) is 18.1 Å². The predicted octanol–water partition coefficient (Wildman–Crippen LogP) is 1.86. The van der Waals surface area contributed by atoms with E-state index in [1.54, 1.807) is 18.5 Å². The number of nitrogen functional groups attached to an aromatic ring is 1. The van der Waals surface area contributed by atoms with Gasteiger partial charge in [-0.1, -0.05) is 6.07 Å². The number of aromatic nitrogens is 1. The molecule has 1 atom stereocenters. The minimum absolute atomic E-state index is 0.00776. The van der Waals surface area contributed by atoms with Gasteiger partial charge in [-0.2, -0.15) is 0 Å². The molecule has 2 aromatic rings. The molecule has 0 aliphatic carbocycles. The molecule has 1 unspecified atom stereocenters. The molecule has 5 heteroatoms. The Morgan fingerprint density at radius 2 is 2.21 bits per heavy atom. The Labute approximate surface area is 111 Å². The molecule has 0 radical (unpaired) electrons. The van der Waals surface area contributed by atoms with E-state index in [0.717, 1.165) is 5.56 Å². The fourth-order valence-electron chi connectivity index (χ4n) is 1.73. The van der Waals surface area contributed by atoms with Crippen molar-refractivity contribution in [3.05, 3.63) is 53.9 Å². The van der Waals surface area contributed by atoms with Gasteiger partial charge in [0.15, 0.2) is 0 Å². The van der Waals surface area contributed by atoms with Crippen molar-refractivity contribution in [2.24, 2.45) is 0 Å². The molecule has 0 bridgehead atoms. The van der Waals surface area contributed by atoms with Crippen LogP contribution in [-0.2, 0) is 0 Å². The summed E-state index contributed by atoms with van der Waals surface area (Å²) in [4.78, 5) is 16.1. The zero-order chi connectivity index (χ0) is 13.8. The maximum atomic E-state index is 12.1. The van der Waals surface area contributed by atoms with Crippen LogP contribution in [0.25, 0.3) is 0 Å². The highest BCUT2D eigenvalue weighted by molar-refractivity contribution is 5.99. The van der Waals surface area contributed by atoms with Crippen LogP contribution in [0.15, 0.2) is 42.7 Å². The molecule has 1 aromatic carbocycles. The summed E-state index contributed by atoms with van der Waals surface area (Å²) in [6, 6.07) is 7.78. The van der Waals surface area contributed by atoms with Crippen LogP contribution < -0.4 is 11.1 Å². The smallest absolute Gasteiger partial charge is 0.253 e. The number of hydrogen-bond donors (Lipinski definition) is 3. The van der Waals surface area contributed by atoms with E-state index in [1.807, 2.05) is 13.0 Å². The summed E-state index contributed by atoms with van der Waals surface area (Å²) in [5.74, 6) is -0.321. The molecule has 4 N–H and O–H groups in total. The number of benzene rings is 1. The van der Waals surface area contributed by atoms with Gasteiger partial charge in [0.1, 0.15) is 5.75 Å². The molecule has 19 heavy (non-hydrogen) atoms. The van der Waals surface area contributed by atoms with Crippen LogP contribution in [0, 0.1) is 0 Å². The van der Waals surface area contributed by atoms with Crippen molar-refractivity contribution in [1.82, 2.24) is 10.3 Å². The van der Waals surface area contributed by atoms with Crippen molar-refractivity contribution in [1.29, 1.82) is 0 Å². The average Bonchev–Trinajstić information content (AvgIpc) is 2.42. The van der Waals surface area contributed by atoms with Crippen LogP contribution in [0.4, 0.5) is 5.69 Å². The number of phenols is 1. The van der Waals surface area contributed by atoms with Crippen LogP contribution in [0.3, 0.4) is 0 Å². The van der Waals surface area contributed by atoms with E-state index >= 15 is 0 Å². The zero-order valence-electron chi connectivity index (χ0n) is 10.5. The Morgan fingerprint density at radius 1 is 1.42 bits per heavy atom. The highest BCUT2D eigenvalue weighted by atomic mass is 16.3. The lowest BCUT2D eigenvalue weighted by molar-refractivity contribution is 0.0940. The first-order chi connectivity index (χ1) is 9.08. The Hall–Kier alpha value is -2.56. The summed E-state index contributed by atoms with van der Waals surface area (Å²) in [6.07, 6.45) is 3.36. The van der Waals surface area contributed by atoms with Crippen LogP contribution in [0.5, 0.6) is 5.75 Å². The number of amides is 1. The van der Waals surface area contributed by atoms with Crippen molar-refractivity contribution < 1.29 is 9.90 Å². The summed E-state index contributed by atoms with van der Waals surface area (Å²) >= 11 is 0. The minimum atomic E-state index is -0.329. The molecule has 1 amide bonds. The van der Waals surface area contributed by atoms with E-state index in [1.165, 1.54) is 18.2 Å². The summed E-state index contributed by atoms with van der Waals surface area (Å²) in [5, 5.41) is 12.2. The lowest BCUT2D eigenvalue weighted by Gasteiger charge is -2.14. The molecule has 0 saturated heterocycles. The molecular formula is C14H15N3O2. The maximum absolute atomic E-state index is 12.1. The standard InChI is InChI=1S/C14H15N3O2/c1-9(10-3-2-6-16-8-10)17-14(19)12-7-11(18)4-5-13(12)15/h2-9,18H,15H2,1H3,(H,17,19). The number of pyridine rings is 1. The third-order valence-electron chi connectivity index (χ3n) is 2.81. The van der Waals surface area contributed by atoms with Gasteiger partial charge in [0.05, 0.1) is 11.6 Å². The molecule has 0 fully saturated rings. The van der Waals surface area contributed by atoms with E-state index < -0.39 is 0 Å². The molecule has 0 aliphatic rings. The largest absolute Gasteiger partial charge is 0.508 e. The van der Waals surface area contributed by atoms with Gasteiger partial charge in [-0.25, -0.2) is 0 Å². The SMILES string of the molecule is CC(NC(=O)c1cc(O)ccc1N)c1cccnc1. The zero-order valence-corrected chi connectivity index (χ0v) is 10.5. The van der Waals surface area contributed by atoms with E-state index in [4.69, 9.17) is 5.73 Å². The minimum Gasteiger partial charge on any atom is -0.508 e. The number of nitrogens with two attached hydrogens (primary N) is 1. The second kappa shape index (κ2) is 5.39. The second-order valence-corrected chi connectivity index (χ2v) is 4.25. The molecule has 0 saturated carbocycles. The van der Waals surface area contributed by atoms with Gasteiger partial charge in [0.2, 0.25) is 0 Å². The molecule has 1 aromatic heterocycles. The second-order valence-electron chi connectivity index (χ2n) is 4.25. The van der Waals surface area contributed by atoms with Gasteiger partial charge >= 0.3 is 0 Å². The third-order valence-corrected chi connectivity index (χ3v) is 2.81. The highest BCUT2D eigenvalue weighted by Gasteiger charge is 2.14. The number of nitrogens with one attached hydrogen (secondary N) is 1. The average molecular weight is 257 g/mol. The molecule has 98 valence electrons. The number of nitrogens with zero attached hydrogens (tertiary/aromatic N) is 1. The fraction of sp³-hybridized carbons (Fsp3) is 0.143.